The Bertz CT molecular complexity index is 1430. The highest BCUT2D eigenvalue weighted by molar-refractivity contribution is 6.00. The molecule has 1 atom stereocenters. The third kappa shape index (κ3) is 3.45. The van der Waals surface area contributed by atoms with Gasteiger partial charge in [-0.25, -0.2) is 19.2 Å². The second kappa shape index (κ2) is 8.21. The van der Waals surface area contributed by atoms with Gasteiger partial charge in [0.05, 0.1) is 17.1 Å². The van der Waals surface area contributed by atoms with Gasteiger partial charge < -0.3 is 25.8 Å². The monoisotopic (exact) mass is 494 g/mol. The van der Waals surface area contributed by atoms with Crippen molar-refractivity contribution >= 4 is 40.0 Å². The predicted octanol–water partition coefficient (Wildman–Crippen LogP) is 3.48. The number of fused-ring (bicyclic) bond motifs is 2. The van der Waals surface area contributed by atoms with Crippen LogP contribution in [0.25, 0.3) is 21.9 Å². The number of benzene rings is 1. The molecule has 4 heterocycles. The van der Waals surface area contributed by atoms with Gasteiger partial charge in [0, 0.05) is 49.0 Å². The maximum Gasteiger partial charge on any atom is 0.413 e. The van der Waals surface area contributed by atoms with E-state index in [1.165, 1.54) is 11.1 Å². The first-order valence-electron chi connectivity index (χ1n) is 11.5. The highest BCUT2D eigenvalue weighted by Gasteiger charge is 2.50. The number of halogens is 1. The maximum absolute atomic E-state index is 15.5. The van der Waals surface area contributed by atoms with Crippen molar-refractivity contribution in [2.24, 2.45) is 5.41 Å². The minimum Gasteiger partial charge on any atom is -0.474 e. The average molecular weight is 495 g/mol. The molecule has 5 rings (SSSR count). The zero-order valence-electron chi connectivity index (χ0n) is 20.4. The zero-order valence-corrected chi connectivity index (χ0v) is 20.4. The number of carbonyl (C=O) groups excluding carboxylic acids is 1. The van der Waals surface area contributed by atoms with Gasteiger partial charge in [0.15, 0.2) is 5.82 Å². The minimum absolute atomic E-state index is 0.0964. The number of anilines is 3. The molecule has 2 aliphatic rings. The van der Waals surface area contributed by atoms with E-state index in [1.807, 2.05) is 6.92 Å². The van der Waals surface area contributed by atoms with Gasteiger partial charge in [-0.1, -0.05) is 0 Å². The molecule has 1 aromatic carbocycles. The normalized spacial score (nSPS) is 18.5. The summed E-state index contributed by atoms with van der Waals surface area (Å²) in [7, 11) is 1.64. The van der Waals surface area contributed by atoms with E-state index in [0.717, 1.165) is 10.5 Å². The van der Waals surface area contributed by atoms with Gasteiger partial charge in [-0.15, -0.1) is 0 Å². The number of likely N-dealkylation sites (tertiary alicyclic amines) is 1. The largest absolute Gasteiger partial charge is 0.474 e. The summed E-state index contributed by atoms with van der Waals surface area (Å²) in [6, 6.07) is 2.51. The summed E-state index contributed by atoms with van der Waals surface area (Å²) in [5.74, 6) is -0.179. The highest BCUT2D eigenvalue weighted by Crippen LogP contribution is 2.41. The Kier molecular flexibility index (Phi) is 5.38. The van der Waals surface area contributed by atoms with E-state index in [0.29, 0.717) is 41.1 Å². The number of amides is 2. The van der Waals surface area contributed by atoms with Crippen LogP contribution in [0, 0.1) is 18.2 Å². The predicted molar refractivity (Wildman–Crippen MR) is 134 cm³/mol. The first-order valence-corrected chi connectivity index (χ1v) is 11.5. The molecule has 1 unspecified atom stereocenters. The number of carbonyl (C=O) groups is 2. The SMILES string of the molecule is Cc1c(-c2cc3cc(N(C(=O)O)C4CN(C)C(=O)C4(C)C)ncc3c(N)c2F)cnc2c1NCCO2. The molecule has 0 saturated carbocycles. The summed E-state index contributed by atoms with van der Waals surface area (Å²) in [5, 5.41) is 14.2. The van der Waals surface area contributed by atoms with Gasteiger partial charge >= 0.3 is 6.09 Å². The molecule has 0 bridgehead atoms. The third-order valence-electron chi connectivity index (χ3n) is 7.16. The number of rotatable bonds is 3. The lowest BCUT2D eigenvalue weighted by Crippen LogP contribution is -2.49. The number of ether oxygens (including phenoxy) is 1. The summed E-state index contributed by atoms with van der Waals surface area (Å²) in [4.78, 5) is 36.2. The van der Waals surface area contributed by atoms with Gasteiger partial charge in [-0.05, 0) is 43.9 Å². The van der Waals surface area contributed by atoms with Crippen LogP contribution in [-0.2, 0) is 4.79 Å². The fourth-order valence-corrected chi connectivity index (χ4v) is 5.11. The Hall–Kier alpha value is -4.15. The number of nitrogens with one attached hydrogen (secondary N) is 1. The number of likely N-dealkylation sites (N-methyl/N-ethyl adjacent to an activating group) is 1. The van der Waals surface area contributed by atoms with E-state index in [4.69, 9.17) is 10.5 Å². The highest BCUT2D eigenvalue weighted by atomic mass is 19.1. The zero-order chi connectivity index (χ0) is 25.9. The molecular formula is C25H27FN6O4. The summed E-state index contributed by atoms with van der Waals surface area (Å²) in [6.07, 6.45) is 1.67. The molecule has 0 radical (unpaired) electrons. The van der Waals surface area contributed by atoms with Gasteiger partial charge in [0.2, 0.25) is 11.8 Å². The number of hydrogen-bond acceptors (Lipinski definition) is 7. The van der Waals surface area contributed by atoms with Gasteiger partial charge in [0.1, 0.15) is 18.1 Å². The minimum atomic E-state index is -1.24. The Labute approximate surface area is 206 Å². The van der Waals surface area contributed by atoms with E-state index in [9.17, 15) is 14.7 Å². The molecule has 188 valence electrons. The molecule has 0 spiro atoms. The van der Waals surface area contributed by atoms with Crippen LogP contribution in [0.1, 0.15) is 19.4 Å². The Morgan fingerprint density at radius 3 is 2.72 bits per heavy atom. The quantitative estimate of drug-likeness (QED) is 0.471. The number of nitrogens with zero attached hydrogens (tertiary/aromatic N) is 4. The lowest BCUT2D eigenvalue weighted by atomic mass is 9.86. The van der Waals surface area contributed by atoms with Crippen LogP contribution >= 0.6 is 0 Å². The summed E-state index contributed by atoms with van der Waals surface area (Å²) in [5.41, 5.74) is 7.35. The number of nitrogens with two attached hydrogens (primary N) is 1. The Balaban J connectivity index is 1.65. The molecule has 2 aliphatic heterocycles. The summed E-state index contributed by atoms with van der Waals surface area (Å²) in [6.45, 7) is 6.60. The molecule has 4 N–H and O–H groups in total. The van der Waals surface area contributed by atoms with Crippen molar-refractivity contribution in [1.29, 1.82) is 0 Å². The second-order valence-corrected chi connectivity index (χ2v) is 9.74. The number of carboxylic acid groups (broad SMARTS) is 1. The van der Waals surface area contributed by atoms with E-state index < -0.39 is 23.4 Å². The van der Waals surface area contributed by atoms with Crippen molar-refractivity contribution < 1.29 is 23.8 Å². The summed E-state index contributed by atoms with van der Waals surface area (Å²) < 4.78 is 21.0. The smallest absolute Gasteiger partial charge is 0.413 e. The summed E-state index contributed by atoms with van der Waals surface area (Å²) >= 11 is 0. The number of nitrogen functional groups attached to an aromatic ring is 1. The van der Waals surface area contributed by atoms with Crippen molar-refractivity contribution in [3.63, 3.8) is 0 Å². The van der Waals surface area contributed by atoms with Crippen LogP contribution in [0.4, 0.5) is 26.4 Å². The maximum atomic E-state index is 15.5. The fourth-order valence-electron chi connectivity index (χ4n) is 5.11. The molecule has 36 heavy (non-hydrogen) atoms. The van der Waals surface area contributed by atoms with Crippen LogP contribution in [0.3, 0.4) is 0 Å². The van der Waals surface area contributed by atoms with Crippen molar-refractivity contribution in [3.05, 3.63) is 35.9 Å². The molecule has 1 saturated heterocycles. The van der Waals surface area contributed by atoms with E-state index in [1.54, 1.807) is 39.2 Å². The van der Waals surface area contributed by atoms with Crippen molar-refractivity contribution in [3.8, 4) is 17.0 Å². The van der Waals surface area contributed by atoms with Crippen molar-refractivity contribution in [2.75, 3.05) is 42.7 Å². The van der Waals surface area contributed by atoms with Crippen LogP contribution in [0.5, 0.6) is 5.88 Å². The van der Waals surface area contributed by atoms with Crippen molar-refractivity contribution in [1.82, 2.24) is 14.9 Å². The molecule has 1 fully saturated rings. The number of pyridine rings is 2. The molecule has 10 nitrogen and oxygen atoms in total. The van der Waals surface area contributed by atoms with Gasteiger partial charge in [-0.2, -0.15) is 0 Å². The molecular weight excluding hydrogens is 467 g/mol. The molecule has 0 aliphatic carbocycles. The lowest BCUT2D eigenvalue weighted by Gasteiger charge is -2.32. The molecule has 2 amide bonds. The van der Waals surface area contributed by atoms with E-state index >= 15 is 4.39 Å². The third-order valence-corrected chi connectivity index (χ3v) is 7.16. The van der Waals surface area contributed by atoms with E-state index in [-0.39, 0.29) is 29.5 Å². The van der Waals surface area contributed by atoms with Gasteiger partial charge in [0.25, 0.3) is 0 Å². The number of aromatic nitrogens is 2. The van der Waals surface area contributed by atoms with Gasteiger partial charge in [-0.3, -0.25) is 9.69 Å². The Morgan fingerprint density at radius 2 is 2.06 bits per heavy atom. The van der Waals surface area contributed by atoms with Crippen LogP contribution in [0.15, 0.2) is 24.5 Å². The lowest BCUT2D eigenvalue weighted by molar-refractivity contribution is -0.133. The molecule has 2 aromatic heterocycles. The van der Waals surface area contributed by atoms with Crippen molar-refractivity contribution in [2.45, 2.75) is 26.8 Å². The van der Waals surface area contributed by atoms with Crippen LogP contribution < -0.4 is 20.7 Å². The van der Waals surface area contributed by atoms with Crippen LogP contribution in [0.2, 0.25) is 0 Å². The first-order chi connectivity index (χ1) is 17.0. The molecule has 3 aromatic rings. The number of hydrogen-bond donors (Lipinski definition) is 3. The topological polar surface area (TPSA) is 134 Å². The first kappa shape index (κ1) is 23.6. The second-order valence-electron chi connectivity index (χ2n) is 9.74. The van der Waals surface area contributed by atoms with Crippen LogP contribution in [-0.4, -0.2) is 64.8 Å². The standard InChI is InChI=1S/C25H27FN6O4/c1-12-15(9-30-22-21(12)28-5-6-36-22)14-7-13-8-18(29-10-16(13)20(27)19(14)26)32(24(34)35)17-11-31(4)23(33)25(17,2)3/h7-10,17,28H,5-6,11,27H2,1-4H3,(H,34,35). The van der Waals surface area contributed by atoms with E-state index in [2.05, 4.69) is 15.3 Å². The average Bonchev–Trinajstić information content (AvgIpc) is 3.04. The fraction of sp³-hybridized carbons (Fsp3) is 0.360. The Morgan fingerprint density at radius 1 is 1.31 bits per heavy atom. The molecule has 11 heteroatoms.